The Morgan fingerprint density at radius 2 is 2.17 bits per heavy atom. The molecule has 0 amide bonds. The largest absolute Gasteiger partial charge is 0.493 e. The molecular formula is C14H17NO3. The Hall–Kier alpha value is -1.73. The molecule has 2 rings (SSSR count). The van der Waals surface area contributed by atoms with E-state index >= 15 is 0 Å². The monoisotopic (exact) mass is 247 g/mol. The summed E-state index contributed by atoms with van der Waals surface area (Å²) in [6, 6.07) is 7.79. The number of ether oxygens (including phenoxy) is 3. The first-order valence-corrected chi connectivity index (χ1v) is 6.12. The van der Waals surface area contributed by atoms with E-state index in [1.54, 1.807) is 7.11 Å². The van der Waals surface area contributed by atoms with E-state index in [2.05, 4.69) is 6.07 Å². The van der Waals surface area contributed by atoms with Crippen LogP contribution in [0.3, 0.4) is 0 Å². The van der Waals surface area contributed by atoms with Crippen molar-refractivity contribution >= 4 is 0 Å². The summed E-state index contributed by atoms with van der Waals surface area (Å²) < 4.78 is 16.6. The van der Waals surface area contributed by atoms with Crippen LogP contribution in [0, 0.1) is 11.3 Å². The number of hydrogen-bond acceptors (Lipinski definition) is 4. The number of methoxy groups -OCH3 is 1. The third-order valence-corrected chi connectivity index (χ3v) is 3.00. The van der Waals surface area contributed by atoms with Crippen LogP contribution in [-0.4, -0.2) is 26.4 Å². The van der Waals surface area contributed by atoms with Crippen molar-refractivity contribution in [3.8, 4) is 17.6 Å². The van der Waals surface area contributed by atoms with E-state index in [1.807, 2.05) is 18.2 Å². The molecule has 0 atom stereocenters. The normalized spacial score (nSPS) is 16.0. The van der Waals surface area contributed by atoms with Crippen molar-refractivity contribution < 1.29 is 14.2 Å². The Balaban J connectivity index is 2.20. The van der Waals surface area contributed by atoms with Gasteiger partial charge in [0.25, 0.3) is 0 Å². The Morgan fingerprint density at radius 1 is 1.39 bits per heavy atom. The van der Waals surface area contributed by atoms with Gasteiger partial charge in [-0.1, -0.05) is 12.1 Å². The van der Waals surface area contributed by atoms with E-state index < -0.39 is 0 Å². The zero-order valence-electron chi connectivity index (χ0n) is 10.5. The topological polar surface area (TPSA) is 51.5 Å². The van der Waals surface area contributed by atoms with Gasteiger partial charge < -0.3 is 14.2 Å². The zero-order valence-corrected chi connectivity index (χ0v) is 10.5. The summed E-state index contributed by atoms with van der Waals surface area (Å²) in [4.78, 5) is 0. The van der Waals surface area contributed by atoms with Crippen LogP contribution in [0.25, 0.3) is 0 Å². The fraction of sp³-hybridized carbons (Fsp3) is 0.500. The molecule has 1 fully saturated rings. The fourth-order valence-electron chi connectivity index (χ4n) is 2.04. The highest BCUT2D eigenvalue weighted by Gasteiger charge is 2.19. The van der Waals surface area contributed by atoms with Gasteiger partial charge >= 0.3 is 0 Å². The molecule has 1 aromatic rings. The van der Waals surface area contributed by atoms with Gasteiger partial charge in [-0.2, -0.15) is 5.26 Å². The van der Waals surface area contributed by atoms with Crippen molar-refractivity contribution in [3.05, 3.63) is 23.8 Å². The molecule has 0 radical (unpaired) electrons. The van der Waals surface area contributed by atoms with Gasteiger partial charge in [0.05, 0.1) is 32.8 Å². The third-order valence-electron chi connectivity index (χ3n) is 3.00. The summed E-state index contributed by atoms with van der Waals surface area (Å²) in [7, 11) is 1.61. The predicted octanol–water partition coefficient (Wildman–Crippen LogP) is 2.32. The summed E-state index contributed by atoms with van der Waals surface area (Å²) in [5.41, 5.74) is 0.878. The molecule has 0 N–H and O–H groups in total. The molecule has 18 heavy (non-hydrogen) atoms. The molecule has 0 bridgehead atoms. The van der Waals surface area contributed by atoms with Crippen LogP contribution in [0.2, 0.25) is 0 Å². The van der Waals surface area contributed by atoms with Crippen LogP contribution >= 0.6 is 0 Å². The van der Waals surface area contributed by atoms with Gasteiger partial charge in [-0.05, 0) is 6.07 Å². The number of para-hydroxylation sites is 1. The summed E-state index contributed by atoms with van der Waals surface area (Å²) in [6.07, 6.45) is 2.23. The minimum Gasteiger partial charge on any atom is -0.493 e. The van der Waals surface area contributed by atoms with Gasteiger partial charge in [-0.15, -0.1) is 0 Å². The molecular weight excluding hydrogens is 230 g/mol. The molecule has 0 aliphatic carbocycles. The fourth-order valence-corrected chi connectivity index (χ4v) is 2.04. The predicted molar refractivity (Wildman–Crippen MR) is 66.8 cm³/mol. The van der Waals surface area contributed by atoms with Crippen molar-refractivity contribution in [2.24, 2.45) is 0 Å². The second-order valence-electron chi connectivity index (χ2n) is 4.21. The van der Waals surface area contributed by atoms with Crippen molar-refractivity contribution in [1.82, 2.24) is 0 Å². The van der Waals surface area contributed by atoms with E-state index in [4.69, 9.17) is 19.5 Å². The lowest BCUT2D eigenvalue weighted by atomic mass is 10.1. The second kappa shape index (κ2) is 6.27. The number of hydrogen-bond donors (Lipinski definition) is 0. The van der Waals surface area contributed by atoms with E-state index in [9.17, 15) is 0 Å². The zero-order chi connectivity index (χ0) is 12.8. The van der Waals surface area contributed by atoms with Gasteiger partial charge in [-0.3, -0.25) is 0 Å². The van der Waals surface area contributed by atoms with Crippen LogP contribution in [0.5, 0.6) is 11.5 Å². The Bertz CT molecular complexity index is 433. The lowest BCUT2D eigenvalue weighted by Gasteiger charge is -2.25. The molecule has 0 spiro atoms. The molecule has 1 aliphatic heterocycles. The van der Waals surface area contributed by atoms with E-state index in [0.717, 1.165) is 31.6 Å². The SMILES string of the molecule is COc1cccc(CC#N)c1OC1CCOCC1. The number of nitrogens with zero attached hydrogens (tertiary/aromatic N) is 1. The first kappa shape index (κ1) is 12.7. The lowest BCUT2D eigenvalue weighted by Crippen LogP contribution is -2.26. The average molecular weight is 247 g/mol. The summed E-state index contributed by atoms with van der Waals surface area (Å²) >= 11 is 0. The van der Waals surface area contributed by atoms with Gasteiger partial charge in [0.1, 0.15) is 6.10 Å². The van der Waals surface area contributed by atoms with Crippen molar-refractivity contribution in [2.75, 3.05) is 20.3 Å². The van der Waals surface area contributed by atoms with Crippen LogP contribution in [0.15, 0.2) is 18.2 Å². The third kappa shape index (κ3) is 2.93. The van der Waals surface area contributed by atoms with Crippen molar-refractivity contribution in [2.45, 2.75) is 25.4 Å². The molecule has 4 heteroatoms. The lowest BCUT2D eigenvalue weighted by molar-refractivity contribution is 0.0242. The molecule has 1 saturated heterocycles. The summed E-state index contributed by atoms with van der Waals surface area (Å²) in [5.74, 6) is 1.39. The first-order chi connectivity index (χ1) is 8.85. The van der Waals surface area contributed by atoms with E-state index in [-0.39, 0.29) is 6.10 Å². The van der Waals surface area contributed by atoms with Gasteiger partial charge in [-0.25, -0.2) is 0 Å². The minimum atomic E-state index is 0.146. The van der Waals surface area contributed by atoms with Crippen molar-refractivity contribution in [3.63, 3.8) is 0 Å². The van der Waals surface area contributed by atoms with Crippen LogP contribution in [0.4, 0.5) is 0 Å². The highest BCUT2D eigenvalue weighted by Crippen LogP contribution is 2.33. The standard InChI is InChI=1S/C14H17NO3/c1-16-13-4-2-3-11(5-8-15)14(13)18-12-6-9-17-10-7-12/h2-4,12H,5-7,9-10H2,1H3. The van der Waals surface area contributed by atoms with E-state index in [1.165, 1.54) is 0 Å². The Morgan fingerprint density at radius 3 is 2.83 bits per heavy atom. The second-order valence-corrected chi connectivity index (χ2v) is 4.21. The highest BCUT2D eigenvalue weighted by atomic mass is 16.5. The Kier molecular flexibility index (Phi) is 4.43. The maximum atomic E-state index is 8.85. The smallest absolute Gasteiger partial charge is 0.165 e. The van der Waals surface area contributed by atoms with E-state index in [0.29, 0.717) is 17.9 Å². The highest BCUT2D eigenvalue weighted by molar-refractivity contribution is 5.47. The van der Waals surface area contributed by atoms with Gasteiger partial charge in [0.2, 0.25) is 0 Å². The molecule has 4 nitrogen and oxygen atoms in total. The quantitative estimate of drug-likeness (QED) is 0.819. The molecule has 1 heterocycles. The van der Waals surface area contributed by atoms with Crippen LogP contribution < -0.4 is 9.47 Å². The van der Waals surface area contributed by atoms with Crippen LogP contribution in [0.1, 0.15) is 18.4 Å². The average Bonchev–Trinajstić information content (AvgIpc) is 2.42. The molecule has 0 unspecified atom stereocenters. The summed E-state index contributed by atoms with van der Waals surface area (Å²) in [6.45, 7) is 1.46. The molecule has 0 aromatic heterocycles. The molecule has 1 aliphatic rings. The first-order valence-electron chi connectivity index (χ1n) is 6.12. The van der Waals surface area contributed by atoms with Gasteiger partial charge in [0, 0.05) is 18.4 Å². The van der Waals surface area contributed by atoms with Gasteiger partial charge in [0.15, 0.2) is 11.5 Å². The maximum absolute atomic E-state index is 8.85. The number of benzene rings is 1. The maximum Gasteiger partial charge on any atom is 0.165 e. The summed E-state index contributed by atoms with van der Waals surface area (Å²) in [5, 5.41) is 8.85. The van der Waals surface area contributed by atoms with Crippen LogP contribution in [-0.2, 0) is 11.2 Å². The van der Waals surface area contributed by atoms with Crippen molar-refractivity contribution in [1.29, 1.82) is 5.26 Å². The Labute approximate surface area is 107 Å². The molecule has 1 aromatic carbocycles. The molecule has 96 valence electrons. The number of nitriles is 1. The number of rotatable bonds is 4. The minimum absolute atomic E-state index is 0.146. The molecule has 0 saturated carbocycles.